The van der Waals surface area contributed by atoms with E-state index in [2.05, 4.69) is 10.5 Å². The average molecular weight is 477 g/mol. The van der Waals surface area contributed by atoms with Gasteiger partial charge in [0.1, 0.15) is 5.84 Å². The quantitative estimate of drug-likeness (QED) is 0.0553. The second kappa shape index (κ2) is 19.8. The zero-order valence-corrected chi connectivity index (χ0v) is 20.3. The summed E-state index contributed by atoms with van der Waals surface area (Å²) in [6, 6.07) is 0. The van der Waals surface area contributed by atoms with E-state index in [1.54, 1.807) is 0 Å². The summed E-state index contributed by atoms with van der Waals surface area (Å²) in [6.07, 6.45) is 15.9. The fraction of sp³-hybridized carbons (Fsp3) is 0.857. The number of carbonyl (C=O) groups excluding carboxylic acids is 2. The summed E-state index contributed by atoms with van der Waals surface area (Å²) < 4.78 is 25.5. The Morgan fingerprint density at radius 3 is 1.53 bits per heavy atom. The number of hydrogen-bond acceptors (Lipinski definition) is 7. The molecule has 0 atom stereocenters. The maximum atomic E-state index is 11.7. The fourth-order valence-corrected chi connectivity index (χ4v) is 4.48. The number of nitrogens with zero attached hydrogens (tertiary/aromatic N) is 1. The van der Waals surface area contributed by atoms with E-state index < -0.39 is 21.8 Å². The monoisotopic (exact) mass is 476 g/mol. The molecule has 0 aromatic rings. The summed E-state index contributed by atoms with van der Waals surface area (Å²) in [6.45, 7) is 0. The van der Waals surface area contributed by atoms with Crippen LogP contribution in [-0.2, 0) is 19.6 Å². The number of carbonyl (C=O) groups is 2. The summed E-state index contributed by atoms with van der Waals surface area (Å²) in [4.78, 5) is 22.4. The topological polar surface area (TPSA) is 183 Å². The molecule has 0 saturated carbocycles. The Morgan fingerprint density at radius 1 is 0.688 bits per heavy atom. The van der Waals surface area contributed by atoms with Crippen molar-refractivity contribution < 1.29 is 18.0 Å². The highest BCUT2D eigenvalue weighted by Gasteiger charge is 2.14. The van der Waals surface area contributed by atoms with Gasteiger partial charge in [-0.1, -0.05) is 70.6 Å². The van der Waals surface area contributed by atoms with E-state index in [4.69, 9.17) is 17.4 Å². The molecule has 10 nitrogen and oxygen atoms in total. The van der Waals surface area contributed by atoms with Crippen molar-refractivity contribution in [1.29, 1.82) is 0 Å². The molecule has 32 heavy (non-hydrogen) atoms. The largest absolute Gasteiger partial charge is 0.370 e. The number of nitrogens with one attached hydrogen (secondary N) is 2. The first-order chi connectivity index (χ1) is 15.3. The van der Waals surface area contributed by atoms with Gasteiger partial charge in [-0.25, -0.2) is 14.3 Å². The first kappa shape index (κ1) is 30.1. The molecule has 0 spiro atoms. The Balaban J connectivity index is 3.43. The highest BCUT2D eigenvalue weighted by molar-refractivity contribution is 7.90. The fourth-order valence-electron chi connectivity index (χ4n) is 3.41. The zero-order valence-electron chi connectivity index (χ0n) is 19.4. The van der Waals surface area contributed by atoms with Gasteiger partial charge in [-0.15, -0.1) is 0 Å². The average Bonchev–Trinajstić information content (AvgIpc) is 2.72. The molecule has 0 unspecified atom stereocenters. The molecule has 8 N–H and O–H groups in total. The van der Waals surface area contributed by atoms with Gasteiger partial charge < -0.3 is 17.0 Å². The summed E-state index contributed by atoms with van der Waals surface area (Å²) in [5, 5.41) is 3.57. The molecular weight excluding hydrogens is 432 g/mol. The van der Waals surface area contributed by atoms with Gasteiger partial charge in [-0.05, 0) is 19.3 Å². The molecule has 188 valence electrons. The lowest BCUT2D eigenvalue weighted by Gasteiger charge is -2.06. The van der Waals surface area contributed by atoms with E-state index in [1.807, 2.05) is 4.72 Å². The van der Waals surface area contributed by atoms with Gasteiger partial charge in [-0.3, -0.25) is 14.3 Å². The molecule has 0 fully saturated rings. The predicted molar refractivity (Wildman–Crippen MR) is 129 cm³/mol. The number of hydrazone groups is 1. The third-order valence-electron chi connectivity index (χ3n) is 5.25. The normalized spacial score (nSPS) is 12.0. The van der Waals surface area contributed by atoms with E-state index >= 15 is 0 Å². The van der Waals surface area contributed by atoms with E-state index in [9.17, 15) is 18.0 Å². The van der Waals surface area contributed by atoms with Crippen molar-refractivity contribution >= 4 is 27.7 Å². The molecule has 2 amide bonds. The van der Waals surface area contributed by atoms with E-state index in [-0.39, 0.29) is 25.0 Å². The molecule has 0 heterocycles. The van der Waals surface area contributed by atoms with Crippen molar-refractivity contribution in [3.63, 3.8) is 0 Å². The zero-order chi connectivity index (χ0) is 24.1. The molecule has 11 heteroatoms. The summed E-state index contributed by atoms with van der Waals surface area (Å²) >= 11 is 0. The molecule has 0 aromatic carbocycles. The highest BCUT2D eigenvalue weighted by Crippen LogP contribution is 2.13. The van der Waals surface area contributed by atoms with Crippen LogP contribution in [0.1, 0.15) is 109 Å². The van der Waals surface area contributed by atoms with Crippen LogP contribution in [0.3, 0.4) is 0 Å². The third-order valence-corrected chi connectivity index (χ3v) is 6.61. The lowest BCUT2D eigenvalue weighted by atomic mass is 10.0. The maximum Gasteiger partial charge on any atom is 0.234 e. The molecule has 0 bridgehead atoms. The van der Waals surface area contributed by atoms with Crippen LogP contribution in [0.2, 0.25) is 0 Å². The van der Waals surface area contributed by atoms with Crippen molar-refractivity contribution in [2.45, 2.75) is 109 Å². The van der Waals surface area contributed by atoms with Crippen LogP contribution in [0.15, 0.2) is 5.10 Å². The van der Waals surface area contributed by atoms with Gasteiger partial charge in [-0.2, -0.15) is 5.10 Å². The minimum Gasteiger partial charge on any atom is -0.370 e. The van der Waals surface area contributed by atoms with Crippen molar-refractivity contribution in [1.82, 2.24) is 10.1 Å². The Kier molecular flexibility index (Phi) is 18.6. The Hall–Kier alpha value is -1.88. The first-order valence-corrected chi connectivity index (χ1v) is 13.5. The number of unbranched alkanes of at least 4 members (excludes halogenated alkanes) is 12. The van der Waals surface area contributed by atoms with Gasteiger partial charge in [0.15, 0.2) is 0 Å². The van der Waals surface area contributed by atoms with Crippen LogP contribution in [-0.4, -0.2) is 31.8 Å². The maximum absolute atomic E-state index is 11.7. The van der Waals surface area contributed by atoms with Crippen molar-refractivity contribution in [3.05, 3.63) is 0 Å². The van der Waals surface area contributed by atoms with Gasteiger partial charge >= 0.3 is 0 Å². The minimum atomic E-state index is -3.68. The Bertz CT molecular complexity index is 640. The second-order valence-electron chi connectivity index (χ2n) is 8.23. The number of rotatable bonds is 21. The lowest BCUT2D eigenvalue weighted by molar-refractivity contribution is -0.119. The molecule has 0 aliphatic rings. The second-order valence-corrected chi connectivity index (χ2v) is 10.1. The van der Waals surface area contributed by atoms with Crippen LogP contribution in [0.4, 0.5) is 0 Å². The number of hydrogen-bond donors (Lipinski definition) is 5. The molecule has 0 radical (unpaired) electrons. The number of sulfonamides is 1. The first-order valence-electron chi connectivity index (χ1n) is 11.9. The van der Waals surface area contributed by atoms with E-state index in [0.29, 0.717) is 12.3 Å². The van der Waals surface area contributed by atoms with Crippen molar-refractivity contribution in [2.75, 3.05) is 5.75 Å². The number of primary amides is 1. The SMILES string of the molecule is N/N=C(/CCCCCCCCCCCCCCCC(=O)NS(=O)(=O)CCCC(N)=O)NN. The van der Waals surface area contributed by atoms with Crippen LogP contribution < -0.4 is 27.6 Å². The van der Waals surface area contributed by atoms with Gasteiger partial charge in [0.2, 0.25) is 21.8 Å². The predicted octanol–water partition coefficient (Wildman–Crippen LogP) is 2.28. The smallest absolute Gasteiger partial charge is 0.234 e. The molecule has 0 rings (SSSR count). The number of hydrazine groups is 1. The van der Waals surface area contributed by atoms with Crippen molar-refractivity contribution in [2.24, 2.45) is 22.5 Å². The van der Waals surface area contributed by atoms with Crippen molar-refractivity contribution in [3.8, 4) is 0 Å². The summed E-state index contributed by atoms with van der Waals surface area (Å²) in [5.74, 6) is 9.83. The van der Waals surface area contributed by atoms with Crippen LogP contribution in [0.25, 0.3) is 0 Å². The van der Waals surface area contributed by atoms with E-state index in [0.717, 1.165) is 32.1 Å². The lowest BCUT2D eigenvalue weighted by Crippen LogP contribution is -2.32. The number of amidine groups is 1. The Labute approximate surface area is 193 Å². The molecule has 0 saturated heterocycles. The molecule has 0 aliphatic carbocycles. The van der Waals surface area contributed by atoms with Gasteiger partial charge in [0, 0.05) is 19.3 Å². The standard InChI is InChI=1S/C21H44N6O4S/c22-19(28)15-14-18-32(30,31)27-21(29)17-13-11-9-7-5-3-1-2-4-6-8-10-12-16-20(25-23)26-24/h1-18,23-24H2,(H2,22,28)(H,25,26)(H,27,29). The highest BCUT2D eigenvalue weighted by atomic mass is 32.2. The number of nitrogens with two attached hydrogens (primary N) is 3. The summed E-state index contributed by atoms with van der Waals surface area (Å²) in [7, 11) is -3.68. The number of amides is 2. The van der Waals surface area contributed by atoms with Gasteiger partial charge in [0.05, 0.1) is 5.75 Å². The van der Waals surface area contributed by atoms with Gasteiger partial charge in [0.25, 0.3) is 0 Å². The molecule has 0 aromatic heterocycles. The van der Waals surface area contributed by atoms with E-state index in [1.165, 1.54) is 51.4 Å². The molecule has 0 aliphatic heterocycles. The van der Waals surface area contributed by atoms with Crippen LogP contribution in [0.5, 0.6) is 0 Å². The van der Waals surface area contributed by atoms with Crippen LogP contribution >= 0.6 is 0 Å². The third kappa shape index (κ3) is 20.0. The minimum absolute atomic E-state index is 0.00472. The van der Waals surface area contributed by atoms with Crippen LogP contribution in [0, 0.1) is 0 Å². The summed E-state index contributed by atoms with van der Waals surface area (Å²) in [5.41, 5.74) is 7.47. The Morgan fingerprint density at radius 2 is 1.12 bits per heavy atom. The molecular formula is C21H44N6O4S.